The number of nitrogens with zero attached hydrogens (tertiary/aromatic N) is 12. The molecule has 6 saturated heterocycles. The summed E-state index contributed by atoms with van der Waals surface area (Å²) in [5, 5.41) is 0.490. The van der Waals surface area contributed by atoms with Gasteiger partial charge in [-0.25, -0.2) is 53.6 Å². The van der Waals surface area contributed by atoms with Crippen molar-refractivity contribution in [3.05, 3.63) is 193 Å². The summed E-state index contributed by atoms with van der Waals surface area (Å²) in [6.45, 7) is 28.3. The summed E-state index contributed by atoms with van der Waals surface area (Å²) in [4.78, 5) is 111. The van der Waals surface area contributed by atoms with Gasteiger partial charge in [0.25, 0.3) is 17.7 Å². The molecule has 3 aromatic heterocycles. The number of aryl methyl sites for hydroxylation is 3. The van der Waals surface area contributed by atoms with E-state index in [4.69, 9.17) is 54.5 Å². The predicted molar refractivity (Wildman–Crippen MR) is 306 cm³/mol. The number of imide groups is 3. The quantitative estimate of drug-likeness (QED) is 0.0775. The Balaban J connectivity index is 0.000000136. The molecule has 0 N–H and O–H groups in total. The van der Waals surface area contributed by atoms with Crippen molar-refractivity contribution in [2.45, 2.75) is 95.2 Å². The molecule has 12 rings (SSSR count). The number of carbonyl (C=O) groups excluding carboxylic acids is 6. The van der Waals surface area contributed by atoms with E-state index in [1.54, 1.807) is 82.3 Å². The number of pyridine rings is 3. The lowest BCUT2D eigenvalue weighted by Crippen LogP contribution is -2.47. The Morgan fingerprint density at radius 3 is 0.988 bits per heavy atom. The Labute approximate surface area is 482 Å². The molecule has 81 heavy (non-hydrogen) atoms. The molecule has 0 radical (unpaired) electrons. The van der Waals surface area contributed by atoms with Crippen LogP contribution in [0.3, 0.4) is 0 Å². The van der Waals surface area contributed by atoms with E-state index in [9.17, 15) is 28.8 Å². The van der Waals surface area contributed by atoms with Crippen LogP contribution in [0.1, 0.15) is 72.3 Å². The highest BCUT2D eigenvalue weighted by molar-refractivity contribution is 6.34. The van der Waals surface area contributed by atoms with Crippen molar-refractivity contribution in [3.8, 4) is 0 Å². The van der Waals surface area contributed by atoms with Gasteiger partial charge in [0, 0.05) is 56.0 Å². The maximum Gasteiger partial charge on any atom is 0.332 e. The van der Waals surface area contributed by atoms with Gasteiger partial charge < -0.3 is 14.7 Å². The standard InChI is InChI=1S/C21H20N4O2.C20H17ClN4O2.C19H14Cl2N4O2/c1-14-11-18(12-15(2)23-14)25-19(26)21(9-4-10-24(21)20(25)27)13-16-5-7-17(22-3)8-6-16;1-13-10-16(11-17(21)23-13)25-18(26)20(8-3-9-24(20)19(25)27)12-14-4-6-15(22-2)7-5-14;1-22-13-5-3-12(4-6-13)11-19-7-2-8-24(19)18(27)25(17(19)26)14-9-15(20)23-16(21)10-14/h5-8,11-12H,4,9-10,13H2,1-2H3;4-7,10-11H,3,8-9,12H2,1H3;3-6,9-10H,2,7-8,11H2. The first-order valence-corrected chi connectivity index (χ1v) is 27.3. The van der Waals surface area contributed by atoms with Gasteiger partial charge in [0.1, 0.15) is 32.1 Å². The number of hydrogen-bond donors (Lipinski definition) is 0. The van der Waals surface area contributed by atoms with Crippen LogP contribution >= 0.6 is 34.8 Å². The zero-order valence-corrected chi connectivity index (χ0v) is 46.6. The maximum atomic E-state index is 13.5. The second kappa shape index (κ2) is 22.1. The van der Waals surface area contributed by atoms with Gasteiger partial charge in [0.15, 0.2) is 17.1 Å². The first kappa shape index (κ1) is 55.6. The third-order valence-corrected chi connectivity index (χ3v) is 16.3. The topological polar surface area (TPSA) is 174 Å². The van der Waals surface area contributed by atoms with Crippen molar-refractivity contribution < 1.29 is 28.8 Å². The van der Waals surface area contributed by atoms with Crippen molar-refractivity contribution >= 4 is 105 Å². The van der Waals surface area contributed by atoms with Crippen LogP contribution in [0.2, 0.25) is 15.5 Å². The lowest BCUT2D eigenvalue weighted by atomic mass is 9.88. The van der Waals surface area contributed by atoms with Crippen LogP contribution in [0, 0.1) is 40.5 Å². The Morgan fingerprint density at radius 1 is 0.420 bits per heavy atom. The van der Waals surface area contributed by atoms with Crippen LogP contribution in [0.5, 0.6) is 0 Å². The SMILES string of the molecule is [C-]#[N+]c1ccc(CC23CCCN2C(=O)N(c2cc(C)nc(C)c2)C3=O)cc1.[C-]#[N+]c1ccc(CC23CCCN2C(=O)N(c2cc(C)nc(Cl)c2)C3=O)cc1.[C-]#[N+]c1ccc(CC23CCCN2C(=O)N(c2cc(Cl)nc(Cl)c2)C3=O)cc1. The summed E-state index contributed by atoms with van der Waals surface area (Å²) in [6, 6.07) is 30.4. The fourth-order valence-electron chi connectivity index (χ4n) is 12.2. The van der Waals surface area contributed by atoms with E-state index in [1.165, 1.54) is 21.9 Å². The van der Waals surface area contributed by atoms with Crippen LogP contribution in [-0.4, -0.2) is 102 Å². The lowest BCUT2D eigenvalue weighted by molar-refractivity contribution is -0.124. The first-order chi connectivity index (χ1) is 38.8. The molecule has 0 saturated carbocycles. The second-order valence-corrected chi connectivity index (χ2v) is 22.0. The summed E-state index contributed by atoms with van der Waals surface area (Å²) in [7, 11) is 0. The molecule has 9 heterocycles. The number of benzene rings is 3. The highest BCUT2D eigenvalue weighted by atomic mass is 35.5. The molecule has 6 aliphatic rings. The molecule has 3 aromatic carbocycles. The van der Waals surface area contributed by atoms with E-state index < -0.39 is 16.6 Å². The molecule has 18 nitrogen and oxygen atoms in total. The van der Waals surface area contributed by atoms with E-state index >= 15 is 0 Å². The van der Waals surface area contributed by atoms with Crippen LogP contribution in [0.25, 0.3) is 14.5 Å². The van der Waals surface area contributed by atoms with Gasteiger partial charge in [-0.05, 0) is 112 Å². The van der Waals surface area contributed by atoms with Crippen molar-refractivity contribution in [3.63, 3.8) is 0 Å². The molecule has 6 aromatic rings. The lowest BCUT2D eigenvalue weighted by Gasteiger charge is -2.28. The highest BCUT2D eigenvalue weighted by Gasteiger charge is 2.62. The molecule has 3 unspecified atom stereocenters. The van der Waals surface area contributed by atoms with Gasteiger partial charge in [-0.1, -0.05) is 108 Å². The molecule has 21 heteroatoms. The molecule has 3 atom stereocenters. The number of aromatic nitrogens is 3. The van der Waals surface area contributed by atoms with Gasteiger partial charge >= 0.3 is 18.1 Å². The van der Waals surface area contributed by atoms with Crippen LogP contribution in [0.4, 0.5) is 48.5 Å². The molecule has 6 aliphatic heterocycles. The van der Waals surface area contributed by atoms with Crippen LogP contribution < -0.4 is 14.7 Å². The zero-order valence-electron chi connectivity index (χ0n) is 44.3. The minimum atomic E-state index is -0.918. The van der Waals surface area contributed by atoms with Crippen molar-refractivity contribution in [2.75, 3.05) is 34.3 Å². The number of hydrogen-bond acceptors (Lipinski definition) is 9. The zero-order chi connectivity index (χ0) is 57.5. The van der Waals surface area contributed by atoms with Crippen molar-refractivity contribution in [1.82, 2.24) is 29.7 Å². The summed E-state index contributed by atoms with van der Waals surface area (Å²) in [5.41, 5.74) is 5.41. The number of rotatable bonds is 9. The molecular weight excluding hydrogens is 1090 g/mol. The molecule has 6 fully saturated rings. The molecule has 0 spiro atoms. The Morgan fingerprint density at radius 2 is 0.691 bits per heavy atom. The van der Waals surface area contributed by atoms with Gasteiger partial charge in [0.2, 0.25) is 0 Å². The molecular formula is C60H51Cl3N12O6. The van der Waals surface area contributed by atoms with Gasteiger partial charge in [-0.3, -0.25) is 19.4 Å². The molecule has 408 valence electrons. The van der Waals surface area contributed by atoms with Crippen LogP contribution in [-0.2, 0) is 33.6 Å². The predicted octanol–water partition coefficient (Wildman–Crippen LogP) is 12.4. The van der Waals surface area contributed by atoms with E-state index in [0.717, 1.165) is 52.2 Å². The molecule has 9 amide bonds. The first-order valence-electron chi connectivity index (χ1n) is 26.1. The van der Waals surface area contributed by atoms with E-state index in [0.29, 0.717) is 98.0 Å². The number of halogens is 3. The molecule has 0 aliphatic carbocycles. The second-order valence-electron chi connectivity index (χ2n) is 20.9. The average Bonchev–Trinajstić information content (AvgIpc) is 4.31. The number of fused-ring (bicyclic) bond motifs is 3. The summed E-state index contributed by atoms with van der Waals surface area (Å²) >= 11 is 17.9. The molecule has 0 bridgehead atoms. The van der Waals surface area contributed by atoms with Gasteiger partial charge in [-0.15, -0.1) is 0 Å². The number of anilines is 3. The summed E-state index contributed by atoms with van der Waals surface area (Å²) in [5.74, 6) is -0.664. The van der Waals surface area contributed by atoms with E-state index in [2.05, 4.69) is 29.5 Å². The Hall–Kier alpha value is -8.73. The third-order valence-electron chi connectivity index (χ3n) is 15.7. The summed E-state index contributed by atoms with van der Waals surface area (Å²) in [6.07, 6.45) is 5.55. The third kappa shape index (κ3) is 10.2. The minimum absolute atomic E-state index is 0.119. The smallest absolute Gasteiger partial charge is 0.309 e. The van der Waals surface area contributed by atoms with Gasteiger partial charge in [0.05, 0.1) is 36.8 Å². The Bertz CT molecular complexity index is 3270. The fourth-order valence-corrected chi connectivity index (χ4v) is 12.9. The van der Waals surface area contributed by atoms with Crippen molar-refractivity contribution in [1.29, 1.82) is 0 Å². The van der Waals surface area contributed by atoms with Crippen molar-refractivity contribution in [2.24, 2.45) is 0 Å². The number of carbonyl (C=O) groups is 6. The summed E-state index contributed by atoms with van der Waals surface area (Å²) < 4.78 is 0. The maximum absolute atomic E-state index is 13.5. The number of urea groups is 3. The van der Waals surface area contributed by atoms with Gasteiger partial charge in [-0.2, -0.15) is 0 Å². The number of amides is 9. The normalized spacial score (nSPS) is 21.5. The average molecular weight is 1140 g/mol. The van der Waals surface area contributed by atoms with E-state index in [1.807, 2.05) is 50.2 Å². The Kier molecular flexibility index (Phi) is 15.1. The fraction of sp³-hybridized carbons (Fsp3) is 0.300. The monoisotopic (exact) mass is 1140 g/mol. The minimum Gasteiger partial charge on any atom is -0.309 e. The largest absolute Gasteiger partial charge is 0.332 e. The van der Waals surface area contributed by atoms with Crippen LogP contribution in [0.15, 0.2) is 109 Å². The highest BCUT2D eigenvalue weighted by Crippen LogP contribution is 2.46. The van der Waals surface area contributed by atoms with E-state index in [-0.39, 0.29) is 51.3 Å².